The summed E-state index contributed by atoms with van der Waals surface area (Å²) in [5.41, 5.74) is 2.00. The molecule has 0 fully saturated rings. The first-order chi connectivity index (χ1) is 14.0. The van der Waals surface area contributed by atoms with E-state index < -0.39 is 17.9 Å². The van der Waals surface area contributed by atoms with Gasteiger partial charge in [-0.05, 0) is 29.3 Å². The molecular weight excluding hydrogens is 372 g/mol. The molecule has 2 atom stereocenters. The summed E-state index contributed by atoms with van der Waals surface area (Å²) in [6.45, 7) is 0.164. The molecular formula is C22H24N2O5. The van der Waals surface area contributed by atoms with Gasteiger partial charge >= 0.3 is 5.97 Å². The lowest BCUT2D eigenvalue weighted by Crippen LogP contribution is -2.45. The number of esters is 1. The molecule has 0 spiro atoms. The number of carbonyl (C=O) groups excluding carboxylic acids is 3. The van der Waals surface area contributed by atoms with Crippen LogP contribution in [0, 0.1) is 0 Å². The van der Waals surface area contributed by atoms with E-state index in [9.17, 15) is 14.4 Å². The van der Waals surface area contributed by atoms with Crippen LogP contribution in [0.25, 0.3) is 0 Å². The second-order valence-corrected chi connectivity index (χ2v) is 6.82. The van der Waals surface area contributed by atoms with E-state index in [1.807, 2.05) is 18.2 Å². The van der Waals surface area contributed by atoms with Gasteiger partial charge in [0.25, 0.3) is 5.91 Å². The molecule has 1 N–H and O–H groups in total. The molecule has 7 nitrogen and oxygen atoms in total. The molecule has 7 heteroatoms. The Morgan fingerprint density at radius 1 is 1.07 bits per heavy atom. The first-order valence-corrected chi connectivity index (χ1v) is 9.32. The molecule has 1 aliphatic rings. The summed E-state index contributed by atoms with van der Waals surface area (Å²) in [6.07, 6.45) is 0.0819. The van der Waals surface area contributed by atoms with Crippen LogP contribution in [0.2, 0.25) is 0 Å². The Balaban J connectivity index is 1.98. The number of likely N-dealkylation sites (N-methyl/N-ethyl adjacent to an activating group) is 1. The highest BCUT2D eigenvalue weighted by Crippen LogP contribution is 2.42. The minimum absolute atomic E-state index is 0.0819. The number of carbonyl (C=O) groups is 3. The van der Waals surface area contributed by atoms with Crippen molar-refractivity contribution in [2.24, 2.45) is 0 Å². The van der Waals surface area contributed by atoms with Crippen LogP contribution in [0.3, 0.4) is 0 Å². The summed E-state index contributed by atoms with van der Waals surface area (Å²) in [7, 11) is 4.59. The lowest BCUT2D eigenvalue weighted by molar-refractivity contribution is -0.140. The Kier molecular flexibility index (Phi) is 6.16. The van der Waals surface area contributed by atoms with Gasteiger partial charge in [0, 0.05) is 19.2 Å². The highest BCUT2D eigenvalue weighted by molar-refractivity contribution is 6.01. The van der Waals surface area contributed by atoms with Crippen molar-refractivity contribution in [2.75, 3.05) is 27.8 Å². The molecule has 2 amide bonds. The van der Waals surface area contributed by atoms with Crippen molar-refractivity contribution in [2.45, 2.75) is 18.4 Å². The predicted octanol–water partition coefficient (Wildman–Crippen LogP) is 2.28. The fraction of sp³-hybridized carbons (Fsp3) is 0.318. The monoisotopic (exact) mass is 396 g/mol. The third-order valence-electron chi connectivity index (χ3n) is 5.18. The van der Waals surface area contributed by atoms with Crippen molar-refractivity contribution in [3.63, 3.8) is 0 Å². The summed E-state index contributed by atoms with van der Waals surface area (Å²) in [6, 6.07) is 14.0. The molecule has 2 aromatic rings. The van der Waals surface area contributed by atoms with Gasteiger partial charge in [-0.25, -0.2) is 0 Å². The standard InChI is InChI=1S/C22H24N2O5/c1-24-20(14-8-10-15(28-2)11-9-14)19(21(26)23-13-12-18(25)29-3)16-6-4-5-7-17(16)22(24)27/h4-11,19-20H,12-13H2,1-3H3,(H,23,26). The lowest BCUT2D eigenvalue weighted by Gasteiger charge is -2.39. The first kappa shape index (κ1) is 20.4. The van der Waals surface area contributed by atoms with Crippen LogP contribution in [0.1, 0.15) is 39.9 Å². The van der Waals surface area contributed by atoms with Crippen molar-refractivity contribution in [1.82, 2.24) is 10.2 Å². The number of fused-ring (bicyclic) bond motifs is 1. The van der Waals surface area contributed by atoms with E-state index in [0.717, 1.165) is 5.56 Å². The third-order valence-corrected chi connectivity index (χ3v) is 5.18. The van der Waals surface area contributed by atoms with Gasteiger partial charge in [0.2, 0.25) is 5.91 Å². The van der Waals surface area contributed by atoms with Gasteiger partial charge in [-0.1, -0.05) is 30.3 Å². The molecule has 1 aliphatic heterocycles. The number of hydrogen-bond donors (Lipinski definition) is 1. The largest absolute Gasteiger partial charge is 0.497 e. The fourth-order valence-electron chi connectivity index (χ4n) is 3.67. The van der Waals surface area contributed by atoms with Crippen LogP contribution >= 0.6 is 0 Å². The van der Waals surface area contributed by atoms with Crippen molar-refractivity contribution in [1.29, 1.82) is 0 Å². The maximum atomic E-state index is 13.2. The topological polar surface area (TPSA) is 84.9 Å². The molecule has 0 saturated heterocycles. The van der Waals surface area contributed by atoms with E-state index in [4.69, 9.17) is 4.74 Å². The normalized spacial score (nSPS) is 18.0. The van der Waals surface area contributed by atoms with Gasteiger partial charge in [-0.3, -0.25) is 14.4 Å². The maximum absolute atomic E-state index is 13.2. The summed E-state index contributed by atoms with van der Waals surface area (Å²) in [4.78, 5) is 39.1. The number of rotatable bonds is 6. The van der Waals surface area contributed by atoms with Gasteiger partial charge in [0.15, 0.2) is 0 Å². The highest BCUT2D eigenvalue weighted by atomic mass is 16.5. The number of nitrogens with one attached hydrogen (secondary N) is 1. The van der Waals surface area contributed by atoms with E-state index in [0.29, 0.717) is 16.9 Å². The zero-order valence-electron chi connectivity index (χ0n) is 16.7. The minimum Gasteiger partial charge on any atom is -0.497 e. The van der Waals surface area contributed by atoms with Gasteiger partial charge < -0.3 is 19.7 Å². The molecule has 2 aromatic carbocycles. The molecule has 0 bridgehead atoms. The van der Waals surface area contributed by atoms with Crippen LogP contribution in [-0.2, 0) is 14.3 Å². The Hall–Kier alpha value is -3.35. The van der Waals surface area contributed by atoms with E-state index in [1.54, 1.807) is 49.4 Å². The van der Waals surface area contributed by atoms with Gasteiger partial charge in [-0.2, -0.15) is 0 Å². The van der Waals surface area contributed by atoms with Crippen LogP contribution in [0.15, 0.2) is 48.5 Å². The summed E-state index contributed by atoms with van der Waals surface area (Å²) in [5, 5.41) is 2.81. The fourth-order valence-corrected chi connectivity index (χ4v) is 3.67. The molecule has 152 valence electrons. The van der Waals surface area contributed by atoms with Crippen molar-refractivity contribution >= 4 is 17.8 Å². The van der Waals surface area contributed by atoms with Crippen LogP contribution in [-0.4, -0.2) is 50.5 Å². The third kappa shape index (κ3) is 4.08. The maximum Gasteiger partial charge on any atom is 0.307 e. The number of methoxy groups -OCH3 is 2. The Labute approximate surface area is 169 Å². The Morgan fingerprint density at radius 3 is 2.41 bits per heavy atom. The minimum atomic E-state index is -0.611. The quantitative estimate of drug-likeness (QED) is 0.758. The summed E-state index contributed by atoms with van der Waals surface area (Å²) >= 11 is 0. The second kappa shape index (κ2) is 8.77. The molecule has 0 aromatic heterocycles. The molecule has 3 rings (SSSR count). The smallest absolute Gasteiger partial charge is 0.307 e. The highest BCUT2D eigenvalue weighted by Gasteiger charge is 2.42. The SMILES string of the molecule is COC(=O)CCNC(=O)C1c2ccccc2C(=O)N(C)C1c1ccc(OC)cc1. The van der Waals surface area contributed by atoms with E-state index in [-0.39, 0.29) is 24.8 Å². The molecule has 0 saturated carbocycles. The number of hydrogen-bond acceptors (Lipinski definition) is 5. The zero-order chi connectivity index (χ0) is 21.0. The Morgan fingerprint density at radius 2 is 1.76 bits per heavy atom. The van der Waals surface area contributed by atoms with Crippen molar-refractivity contribution < 1.29 is 23.9 Å². The van der Waals surface area contributed by atoms with Crippen LogP contribution in [0.5, 0.6) is 5.75 Å². The number of nitrogens with zero attached hydrogens (tertiary/aromatic N) is 1. The van der Waals surface area contributed by atoms with Crippen molar-refractivity contribution in [3.05, 3.63) is 65.2 Å². The summed E-state index contributed by atoms with van der Waals surface area (Å²) < 4.78 is 9.84. The average Bonchev–Trinajstić information content (AvgIpc) is 2.75. The molecule has 2 unspecified atom stereocenters. The van der Waals surface area contributed by atoms with E-state index in [2.05, 4.69) is 10.1 Å². The lowest BCUT2D eigenvalue weighted by atomic mass is 9.79. The van der Waals surface area contributed by atoms with Crippen LogP contribution in [0.4, 0.5) is 0 Å². The average molecular weight is 396 g/mol. The van der Waals surface area contributed by atoms with Crippen LogP contribution < -0.4 is 10.1 Å². The molecule has 29 heavy (non-hydrogen) atoms. The van der Waals surface area contributed by atoms with Crippen molar-refractivity contribution in [3.8, 4) is 5.75 Å². The number of benzene rings is 2. The molecule has 0 radical (unpaired) electrons. The number of amides is 2. The van der Waals surface area contributed by atoms with Gasteiger partial charge in [0.05, 0.1) is 32.6 Å². The zero-order valence-corrected chi connectivity index (χ0v) is 16.7. The molecule has 0 aliphatic carbocycles. The summed E-state index contributed by atoms with van der Waals surface area (Å²) in [5.74, 6) is -0.701. The van der Waals surface area contributed by atoms with E-state index in [1.165, 1.54) is 7.11 Å². The Bertz CT molecular complexity index is 910. The predicted molar refractivity (Wildman–Crippen MR) is 107 cm³/mol. The molecule has 1 heterocycles. The van der Waals surface area contributed by atoms with Gasteiger partial charge in [0.1, 0.15) is 5.75 Å². The first-order valence-electron chi connectivity index (χ1n) is 9.32. The number of ether oxygens (including phenoxy) is 2. The van der Waals surface area contributed by atoms with E-state index >= 15 is 0 Å². The van der Waals surface area contributed by atoms with Gasteiger partial charge in [-0.15, -0.1) is 0 Å². The second-order valence-electron chi connectivity index (χ2n) is 6.82.